The predicted octanol–water partition coefficient (Wildman–Crippen LogP) is 18.3. The van der Waals surface area contributed by atoms with Gasteiger partial charge >= 0.3 is 0 Å². The van der Waals surface area contributed by atoms with E-state index in [9.17, 15) is 0 Å². The normalized spacial score (nSPS) is 14.1. The third kappa shape index (κ3) is 19.0. The lowest BCUT2D eigenvalue weighted by Gasteiger charge is -2.08. The molecule has 0 aliphatic rings. The van der Waals surface area contributed by atoms with Gasteiger partial charge in [-0.3, -0.25) is 0 Å². The van der Waals surface area contributed by atoms with Crippen molar-refractivity contribution in [2.45, 2.75) is 117 Å². The summed E-state index contributed by atoms with van der Waals surface area (Å²) in [7, 11) is 11.7. The molecule has 12 aromatic rings. The second kappa shape index (κ2) is 33.4. The molecule has 0 amide bonds. The van der Waals surface area contributed by atoms with Gasteiger partial charge in [0.2, 0.25) is 34.2 Å². The SMILES string of the molecule is Cc1cc(C)[n+](C)c(-c2ccccc2C)c1.[2H]C([2H])([2H])c1c(C)cc[n+](C)c1-c1ccccc1C.[2H]C([2H])([2H])c1c[n+](C)c(-c2ccccc2C)cc1C.[2H]C([2H])([2H])c1ccc(-c2ccc(C([2H])([2H])[2H])c[n+]2C)c(C)c1.[2H]C([2H])([2H])c1ccc(-c2cccc(C)[n+]2C)c(C)c1.[2H]C([2H])([2H])c1ccc(-c2cccc[n+]2C)c(C)c1. The Morgan fingerprint density at radius 3 is 1.21 bits per heavy atom. The van der Waals surface area contributed by atoms with E-state index in [1.807, 2.05) is 187 Å². The van der Waals surface area contributed by atoms with E-state index in [1.165, 1.54) is 33.6 Å². The van der Waals surface area contributed by atoms with Gasteiger partial charge in [-0.25, -0.2) is 18.3 Å². The second-order valence-electron chi connectivity index (χ2n) is 24.6. The topological polar surface area (TPSA) is 23.3 Å². The summed E-state index contributed by atoms with van der Waals surface area (Å²) in [6.45, 7) is 9.48. The van der Waals surface area contributed by atoms with Crippen molar-refractivity contribution in [3.63, 3.8) is 0 Å². The zero-order chi connectivity index (χ0) is 84.4. The minimum Gasteiger partial charge on any atom is -0.201 e. The molecule has 0 saturated carbocycles. The molecular weight excluding hydrogens is 1150 g/mol. The van der Waals surface area contributed by atoms with Gasteiger partial charge in [0.15, 0.2) is 36.2 Å². The van der Waals surface area contributed by atoms with Crippen molar-refractivity contribution in [3.8, 4) is 67.5 Å². The van der Waals surface area contributed by atoms with Crippen molar-refractivity contribution in [2.24, 2.45) is 42.3 Å². The summed E-state index contributed by atoms with van der Waals surface area (Å²) in [4.78, 5) is 0. The number of rotatable bonds is 6. The Hall–Kier alpha value is -9.78. The quantitative estimate of drug-likeness (QED) is 0.148. The Morgan fingerprint density at radius 1 is 0.242 bits per heavy atom. The molecule has 6 heterocycles. The van der Waals surface area contributed by atoms with Crippen LogP contribution >= 0.6 is 0 Å². The van der Waals surface area contributed by atoms with Crippen LogP contribution in [0.5, 0.6) is 0 Å². The van der Waals surface area contributed by atoms with Crippen molar-refractivity contribution >= 4 is 0 Å². The van der Waals surface area contributed by atoms with Crippen LogP contribution in [0.4, 0.5) is 0 Å². The molecule has 0 atom stereocenters. The lowest BCUT2D eigenvalue weighted by Crippen LogP contribution is -2.34. The lowest BCUT2D eigenvalue weighted by atomic mass is 9.99. The number of aromatic nitrogens is 6. The summed E-state index contributed by atoms with van der Waals surface area (Å²) in [6.07, 6.45) is 7.18. The van der Waals surface area contributed by atoms with Crippen LogP contribution in [0, 0.1) is 117 Å². The second-order valence-corrected chi connectivity index (χ2v) is 24.6. The molecule has 6 nitrogen and oxygen atoms in total. The first kappa shape index (κ1) is 50.7. The van der Waals surface area contributed by atoms with Crippen LogP contribution in [0.2, 0.25) is 0 Å². The van der Waals surface area contributed by atoms with Gasteiger partial charge in [0.05, 0.1) is 0 Å². The van der Waals surface area contributed by atoms with Gasteiger partial charge in [0, 0.05) is 143 Å². The van der Waals surface area contributed by atoms with Gasteiger partial charge in [-0.1, -0.05) is 108 Å². The molecule has 0 saturated heterocycles. The van der Waals surface area contributed by atoms with E-state index in [0.29, 0.717) is 27.8 Å². The third-order valence-electron chi connectivity index (χ3n) is 17.1. The van der Waals surface area contributed by atoms with Crippen molar-refractivity contribution < 1.29 is 52.1 Å². The summed E-state index contributed by atoms with van der Waals surface area (Å²) in [5.74, 6) is 0. The molecular formula is C89H106N6+6. The van der Waals surface area contributed by atoms with E-state index >= 15 is 0 Å². The number of nitrogens with zero attached hydrogens (tertiary/aromatic N) is 6. The molecule has 6 aromatic carbocycles. The summed E-state index contributed by atoms with van der Waals surface area (Å²) in [5, 5.41) is 0. The van der Waals surface area contributed by atoms with Crippen molar-refractivity contribution in [1.82, 2.24) is 0 Å². The van der Waals surface area contributed by atoms with E-state index in [4.69, 9.17) is 24.7 Å². The summed E-state index contributed by atoms with van der Waals surface area (Å²) < 4.78 is 147. The minimum absolute atomic E-state index is 0.274. The van der Waals surface area contributed by atoms with Crippen molar-refractivity contribution in [3.05, 3.63) is 320 Å². The van der Waals surface area contributed by atoms with Crippen molar-refractivity contribution in [1.29, 1.82) is 0 Å². The van der Waals surface area contributed by atoms with E-state index in [2.05, 4.69) is 105 Å². The zero-order valence-corrected chi connectivity index (χ0v) is 58.5. The lowest BCUT2D eigenvalue weighted by molar-refractivity contribution is -0.666. The first-order valence-electron chi connectivity index (χ1n) is 40.8. The first-order chi connectivity index (χ1) is 52.4. The Morgan fingerprint density at radius 2 is 0.705 bits per heavy atom. The fourth-order valence-electron chi connectivity index (χ4n) is 11.4. The zero-order valence-electron chi connectivity index (χ0n) is 76.5. The van der Waals surface area contributed by atoms with E-state index in [0.717, 1.165) is 95.4 Å². The van der Waals surface area contributed by atoms with Gasteiger partial charge in [-0.2, -0.15) is 9.13 Å². The molecule has 0 bridgehead atoms. The standard InChI is InChI=1S/5C15H18N.C14H16N/c1-11-5-7-14(13(3)9-11)15-8-6-12(2)10-16(15)4;1-11-8-9-14(12(2)10-11)15-7-5-6-13(3)16(15)4;1-11-9-13(3)16(4)15(10-11)14-8-6-5-7-12(14)2;1-11-7-5-6-8-14(11)15-9-12(2)13(3)10-16(15)4;1-11-9-10-16(4)15(13(11)3)14-8-6-5-7-12(14)2;1-11-7-8-13(12(2)10-11)14-6-4-5-9-15(14)3/h5*5-10H,1-4H3;4-10H,1-3H3/q6*+1/i1D3,2D3;1D3;;2*3D3;1D3. The van der Waals surface area contributed by atoms with Crippen LogP contribution in [0.1, 0.15) is 120 Å². The molecule has 486 valence electrons. The molecule has 0 fully saturated rings. The summed E-state index contributed by atoms with van der Waals surface area (Å²) in [5.41, 5.74) is 26.5. The summed E-state index contributed by atoms with van der Waals surface area (Å²) in [6, 6.07) is 63.8. The third-order valence-corrected chi connectivity index (χ3v) is 17.1. The van der Waals surface area contributed by atoms with Crippen LogP contribution < -0.4 is 27.4 Å². The maximum absolute atomic E-state index is 7.79. The molecule has 0 N–H and O–H groups in total. The molecule has 0 unspecified atom stereocenters. The number of pyridine rings is 6. The Balaban J connectivity index is 0.000000188. The highest BCUT2D eigenvalue weighted by Crippen LogP contribution is 2.28. The molecule has 95 heavy (non-hydrogen) atoms. The van der Waals surface area contributed by atoms with Gasteiger partial charge in [-0.05, 0) is 208 Å². The monoisotopic (exact) mass is 1280 g/mol. The van der Waals surface area contributed by atoms with Gasteiger partial charge in [-0.15, -0.1) is 0 Å². The highest BCUT2D eigenvalue weighted by molar-refractivity contribution is 5.67. The van der Waals surface area contributed by atoms with Crippen LogP contribution in [0.3, 0.4) is 0 Å². The molecule has 12 rings (SSSR count). The highest BCUT2D eigenvalue weighted by atomic mass is 15.0. The Labute approximate surface area is 596 Å². The van der Waals surface area contributed by atoms with Crippen LogP contribution in [-0.2, 0) is 42.3 Å². The number of aryl methyl sites for hydroxylation is 20. The Kier molecular flexibility index (Phi) is 17.8. The predicted molar refractivity (Wildman–Crippen MR) is 399 cm³/mol. The minimum atomic E-state index is -2.14. The summed E-state index contributed by atoms with van der Waals surface area (Å²) >= 11 is 0. The van der Waals surface area contributed by atoms with Gasteiger partial charge in [0.25, 0.3) is 0 Å². The van der Waals surface area contributed by atoms with Gasteiger partial charge in [0.1, 0.15) is 42.3 Å². The smallest absolute Gasteiger partial charge is 0.201 e. The highest BCUT2D eigenvalue weighted by Gasteiger charge is 2.20. The molecule has 6 heteroatoms. The molecule has 0 aliphatic carbocycles. The number of benzene rings is 6. The largest absolute Gasteiger partial charge is 0.215 e. The molecule has 0 radical (unpaired) electrons. The molecule has 0 aliphatic heterocycles. The fraction of sp³-hybridized carbons (Fsp3) is 0.258. The molecule has 6 aromatic heterocycles. The van der Waals surface area contributed by atoms with Gasteiger partial charge < -0.3 is 0 Å². The first-order valence-corrected chi connectivity index (χ1v) is 31.8. The van der Waals surface area contributed by atoms with Crippen LogP contribution in [-0.4, -0.2) is 0 Å². The average Bonchev–Trinajstić information content (AvgIpc) is 0.771. The number of hydrogen-bond acceptors (Lipinski definition) is 0. The van der Waals surface area contributed by atoms with Crippen LogP contribution in [0.15, 0.2) is 225 Å². The Bertz CT molecular complexity index is 5290. The van der Waals surface area contributed by atoms with Crippen LogP contribution in [0.25, 0.3) is 67.5 Å². The van der Waals surface area contributed by atoms with E-state index < -0.39 is 41.1 Å². The van der Waals surface area contributed by atoms with E-state index in [-0.39, 0.29) is 5.56 Å². The fourth-order valence-corrected chi connectivity index (χ4v) is 11.4. The van der Waals surface area contributed by atoms with Crippen molar-refractivity contribution in [2.75, 3.05) is 0 Å². The maximum Gasteiger partial charge on any atom is 0.215 e. The maximum atomic E-state index is 7.79. The van der Waals surface area contributed by atoms with E-state index in [1.54, 1.807) is 78.6 Å². The number of hydrogen-bond donors (Lipinski definition) is 0. The molecule has 0 spiro atoms. The average molecular weight is 1280 g/mol.